The Morgan fingerprint density at radius 3 is 2.94 bits per heavy atom. The van der Waals surface area contributed by atoms with Gasteiger partial charge in [-0.25, -0.2) is 0 Å². The normalized spacial score (nSPS) is 23.9. The lowest BCUT2D eigenvalue weighted by Crippen LogP contribution is -2.30. The highest BCUT2D eigenvalue weighted by atomic mass is 14.9. The van der Waals surface area contributed by atoms with Gasteiger partial charge in [0.25, 0.3) is 0 Å². The van der Waals surface area contributed by atoms with Crippen molar-refractivity contribution >= 4 is 10.9 Å². The van der Waals surface area contributed by atoms with Crippen LogP contribution in [0.1, 0.15) is 30.5 Å². The monoisotopic (exact) mass is 242 g/mol. The molecule has 1 saturated carbocycles. The molecule has 0 bridgehead atoms. The van der Waals surface area contributed by atoms with E-state index in [1.165, 1.54) is 47.8 Å². The molecule has 1 aliphatic carbocycles. The number of benzene rings is 1. The van der Waals surface area contributed by atoms with Crippen LogP contribution in [0.2, 0.25) is 0 Å². The van der Waals surface area contributed by atoms with Gasteiger partial charge in [0, 0.05) is 22.6 Å². The number of para-hydroxylation sites is 1. The van der Waals surface area contributed by atoms with Crippen LogP contribution in [0.15, 0.2) is 24.3 Å². The van der Waals surface area contributed by atoms with E-state index in [9.17, 15) is 0 Å². The first-order valence-corrected chi connectivity index (χ1v) is 7.03. The Balaban J connectivity index is 1.92. The van der Waals surface area contributed by atoms with Crippen molar-refractivity contribution < 1.29 is 0 Å². The molecule has 1 aliphatic rings. The SMILES string of the molecule is CNC1CCCC1Cc1c(C)[nH]c2ccccc12. The second-order valence-corrected chi connectivity index (χ2v) is 5.56. The lowest BCUT2D eigenvalue weighted by Gasteiger charge is -2.19. The summed E-state index contributed by atoms with van der Waals surface area (Å²) in [6.07, 6.45) is 5.28. The van der Waals surface area contributed by atoms with Gasteiger partial charge < -0.3 is 10.3 Å². The number of aromatic nitrogens is 1. The molecule has 2 atom stereocenters. The van der Waals surface area contributed by atoms with E-state index >= 15 is 0 Å². The van der Waals surface area contributed by atoms with Crippen molar-refractivity contribution in [1.82, 2.24) is 10.3 Å². The molecule has 0 spiro atoms. The zero-order valence-corrected chi connectivity index (χ0v) is 11.3. The van der Waals surface area contributed by atoms with Gasteiger partial charge in [-0.3, -0.25) is 0 Å². The molecular formula is C16H22N2. The number of aromatic amines is 1. The quantitative estimate of drug-likeness (QED) is 0.848. The lowest BCUT2D eigenvalue weighted by molar-refractivity contribution is 0.424. The van der Waals surface area contributed by atoms with Crippen LogP contribution in [0.3, 0.4) is 0 Å². The largest absolute Gasteiger partial charge is 0.358 e. The standard InChI is InChI=1S/C16H22N2/c1-11-14(10-12-6-5-9-15(12)17-2)13-7-3-4-8-16(13)18-11/h3-4,7-8,12,15,17-18H,5-6,9-10H2,1-2H3. The van der Waals surface area contributed by atoms with E-state index in [4.69, 9.17) is 0 Å². The van der Waals surface area contributed by atoms with Gasteiger partial charge in [-0.05, 0) is 50.8 Å². The summed E-state index contributed by atoms with van der Waals surface area (Å²) >= 11 is 0. The molecule has 1 aromatic carbocycles. The van der Waals surface area contributed by atoms with E-state index in [0.29, 0.717) is 6.04 Å². The van der Waals surface area contributed by atoms with Gasteiger partial charge in [0.2, 0.25) is 0 Å². The molecule has 2 nitrogen and oxygen atoms in total. The Hall–Kier alpha value is -1.28. The number of nitrogens with one attached hydrogen (secondary N) is 2. The molecule has 2 heteroatoms. The smallest absolute Gasteiger partial charge is 0.0458 e. The zero-order valence-electron chi connectivity index (χ0n) is 11.3. The van der Waals surface area contributed by atoms with E-state index < -0.39 is 0 Å². The van der Waals surface area contributed by atoms with Crippen LogP contribution in [-0.4, -0.2) is 18.1 Å². The Morgan fingerprint density at radius 2 is 2.11 bits per heavy atom. The summed E-state index contributed by atoms with van der Waals surface area (Å²) in [4.78, 5) is 3.51. The molecule has 0 aliphatic heterocycles. The number of rotatable bonds is 3. The first-order chi connectivity index (χ1) is 8.79. The molecule has 1 heterocycles. The molecule has 1 aromatic heterocycles. The second-order valence-electron chi connectivity index (χ2n) is 5.56. The van der Waals surface area contributed by atoms with E-state index in [0.717, 1.165) is 5.92 Å². The van der Waals surface area contributed by atoms with Gasteiger partial charge in [-0.2, -0.15) is 0 Å². The Labute approximate surface area is 109 Å². The summed E-state index contributed by atoms with van der Waals surface area (Å²) in [5, 5.41) is 4.90. The number of hydrogen-bond acceptors (Lipinski definition) is 1. The average molecular weight is 242 g/mol. The number of H-pyrrole nitrogens is 1. The molecule has 2 unspecified atom stereocenters. The van der Waals surface area contributed by atoms with Crippen LogP contribution in [-0.2, 0) is 6.42 Å². The average Bonchev–Trinajstić information content (AvgIpc) is 2.95. The number of fused-ring (bicyclic) bond motifs is 1. The van der Waals surface area contributed by atoms with Gasteiger partial charge in [-0.1, -0.05) is 24.6 Å². The number of aryl methyl sites for hydroxylation is 1. The van der Waals surface area contributed by atoms with Crippen molar-refractivity contribution in [3.63, 3.8) is 0 Å². The van der Waals surface area contributed by atoms with E-state index in [1.807, 2.05) is 0 Å². The molecule has 3 rings (SSSR count). The summed E-state index contributed by atoms with van der Waals surface area (Å²) < 4.78 is 0. The van der Waals surface area contributed by atoms with Gasteiger partial charge in [0.05, 0.1) is 0 Å². The topological polar surface area (TPSA) is 27.8 Å². The van der Waals surface area contributed by atoms with Crippen LogP contribution in [0, 0.1) is 12.8 Å². The third-order valence-corrected chi connectivity index (χ3v) is 4.52. The van der Waals surface area contributed by atoms with E-state index in [1.54, 1.807) is 0 Å². The van der Waals surface area contributed by atoms with Crippen molar-refractivity contribution in [3.05, 3.63) is 35.5 Å². The van der Waals surface area contributed by atoms with Crippen LogP contribution >= 0.6 is 0 Å². The first-order valence-electron chi connectivity index (χ1n) is 7.03. The van der Waals surface area contributed by atoms with Gasteiger partial charge >= 0.3 is 0 Å². The van der Waals surface area contributed by atoms with Gasteiger partial charge in [0.1, 0.15) is 0 Å². The summed E-state index contributed by atoms with van der Waals surface area (Å²) in [6, 6.07) is 9.38. The maximum absolute atomic E-state index is 3.51. The van der Waals surface area contributed by atoms with Gasteiger partial charge in [-0.15, -0.1) is 0 Å². The lowest BCUT2D eigenvalue weighted by atomic mass is 9.93. The predicted octanol–water partition coefficient (Wildman–Crippen LogP) is 3.41. The fraction of sp³-hybridized carbons (Fsp3) is 0.500. The minimum absolute atomic E-state index is 0.707. The first kappa shape index (κ1) is 11.8. The van der Waals surface area contributed by atoms with Crippen LogP contribution in [0.4, 0.5) is 0 Å². The highest BCUT2D eigenvalue weighted by molar-refractivity contribution is 5.84. The van der Waals surface area contributed by atoms with Crippen molar-refractivity contribution in [3.8, 4) is 0 Å². The molecule has 1 fully saturated rings. The molecule has 96 valence electrons. The van der Waals surface area contributed by atoms with Crippen LogP contribution in [0.5, 0.6) is 0 Å². The maximum atomic E-state index is 3.51. The molecule has 18 heavy (non-hydrogen) atoms. The second kappa shape index (κ2) is 4.77. The summed E-state index contributed by atoms with van der Waals surface area (Å²) in [5.41, 5.74) is 4.15. The predicted molar refractivity (Wildman–Crippen MR) is 76.9 cm³/mol. The fourth-order valence-electron chi connectivity index (χ4n) is 3.52. The maximum Gasteiger partial charge on any atom is 0.0458 e. The zero-order chi connectivity index (χ0) is 12.5. The summed E-state index contributed by atoms with van der Waals surface area (Å²) in [7, 11) is 2.10. The Kier molecular flexibility index (Phi) is 3.13. The third kappa shape index (κ3) is 1.95. The fourth-order valence-corrected chi connectivity index (χ4v) is 3.52. The Bertz CT molecular complexity index is 541. The van der Waals surface area contributed by atoms with Crippen LogP contribution in [0.25, 0.3) is 10.9 Å². The highest BCUT2D eigenvalue weighted by Crippen LogP contribution is 2.32. The van der Waals surface area contributed by atoms with Gasteiger partial charge in [0.15, 0.2) is 0 Å². The molecule has 0 saturated heterocycles. The van der Waals surface area contributed by atoms with Crippen LogP contribution < -0.4 is 5.32 Å². The Morgan fingerprint density at radius 1 is 1.28 bits per heavy atom. The van der Waals surface area contributed by atoms with Crippen molar-refractivity contribution in [2.45, 2.75) is 38.6 Å². The van der Waals surface area contributed by atoms with Crippen molar-refractivity contribution in [2.24, 2.45) is 5.92 Å². The molecule has 0 amide bonds. The summed E-state index contributed by atoms with van der Waals surface area (Å²) in [5.74, 6) is 0.799. The minimum atomic E-state index is 0.707. The molecule has 0 radical (unpaired) electrons. The highest BCUT2D eigenvalue weighted by Gasteiger charge is 2.27. The van der Waals surface area contributed by atoms with Crippen molar-refractivity contribution in [1.29, 1.82) is 0 Å². The van der Waals surface area contributed by atoms with Crippen molar-refractivity contribution in [2.75, 3.05) is 7.05 Å². The van der Waals surface area contributed by atoms with E-state index in [-0.39, 0.29) is 0 Å². The summed E-state index contributed by atoms with van der Waals surface area (Å²) in [6.45, 7) is 2.21. The molecule has 2 aromatic rings. The molecule has 2 N–H and O–H groups in total. The number of hydrogen-bond donors (Lipinski definition) is 2. The minimum Gasteiger partial charge on any atom is -0.358 e. The molecular weight excluding hydrogens is 220 g/mol. The third-order valence-electron chi connectivity index (χ3n) is 4.52. The van der Waals surface area contributed by atoms with E-state index in [2.05, 4.69) is 48.5 Å².